The molecule has 0 saturated carbocycles. The first kappa shape index (κ1) is 22.9. The Hall–Kier alpha value is -2.81. The molecule has 0 spiro atoms. The third-order valence-corrected chi connectivity index (χ3v) is 5.20. The molecular weight excluding hydrogens is 399 g/mol. The summed E-state index contributed by atoms with van der Waals surface area (Å²) in [5.74, 6) is -0.942. The van der Waals surface area contributed by atoms with Gasteiger partial charge in [0.2, 0.25) is 11.8 Å². The Labute approximate surface area is 181 Å². The van der Waals surface area contributed by atoms with Crippen molar-refractivity contribution in [1.29, 1.82) is 0 Å². The lowest BCUT2D eigenvalue weighted by Gasteiger charge is -2.35. The number of rotatable bonds is 9. The number of carbonyl (C=O) groups excluding carboxylic acids is 2. The minimum absolute atomic E-state index is 0.0119. The van der Waals surface area contributed by atoms with E-state index in [1.54, 1.807) is 12.1 Å². The fourth-order valence-electron chi connectivity index (χ4n) is 3.53. The standard InChI is InChI=1S/C23H29FN4O3/c24-20-8-4-5-9-21(20)26-22(30)14-19(29)16-27-10-12-28(13-11-27)17-23(31)25-15-18-6-2-1-3-7-18/h1-9,19,29H,10-17H2,(H,25,31)(H,26,30). The van der Waals surface area contributed by atoms with Crippen LogP contribution in [-0.2, 0) is 16.1 Å². The quantitative estimate of drug-likeness (QED) is 0.563. The zero-order valence-electron chi connectivity index (χ0n) is 17.5. The second-order valence-corrected chi connectivity index (χ2v) is 7.73. The SMILES string of the molecule is O=C(CN1CCN(CC(O)CC(=O)Nc2ccccc2F)CC1)NCc1ccccc1. The van der Waals surface area contributed by atoms with Crippen LogP contribution in [0.3, 0.4) is 0 Å². The molecule has 0 aromatic heterocycles. The molecule has 0 radical (unpaired) electrons. The molecule has 2 amide bonds. The zero-order chi connectivity index (χ0) is 22.1. The number of para-hydroxylation sites is 1. The van der Waals surface area contributed by atoms with Gasteiger partial charge in [0.25, 0.3) is 0 Å². The number of benzene rings is 2. The molecule has 0 bridgehead atoms. The van der Waals surface area contributed by atoms with Gasteiger partial charge >= 0.3 is 0 Å². The predicted octanol–water partition coefficient (Wildman–Crippen LogP) is 1.45. The number of amides is 2. The van der Waals surface area contributed by atoms with Crippen molar-refractivity contribution in [3.63, 3.8) is 0 Å². The summed E-state index contributed by atoms with van der Waals surface area (Å²) in [5, 5.41) is 15.7. The highest BCUT2D eigenvalue weighted by molar-refractivity contribution is 5.91. The molecule has 7 nitrogen and oxygen atoms in total. The summed E-state index contributed by atoms with van der Waals surface area (Å²) in [5.41, 5.74) is 1.17. The van der Waals surface area contributed by atoms with Crippen LogP contribution in [0.15, 0.2) is 54.6 Å². The van der Waals surface area contributed by atoms with E-state index in [2.05, 4.69) is 20.4 Å². The Balaban J connectivity index is 1.32. The van der Waals surface area contributed by atoms with Crippen molar-refractivity contribution in [2.45, 2.75) is 19.1 Å². The lowest BCUT2D eigenvalue weighted by molar-refractivity contribution is -0.123. The van der Waals surface area contributed by atoms with Crippen molar-refractivity contribution in [3.05, 3.63) is 66.0 Å². The first-order valence-electron chi connectivity index (χ1n) is 10.5. The number of halogens is 1. The number of aliphatic hydroxyl groups excluding tert-OH is 1. The van der Waals surface area contributed by atoms with E-state index >= 15 is 0 Å². The summed E-state index contributed by atoms with van der Waals surface area (Å²) in [4.78, 5) is 28.4. The highest BCUT2D eigenvalue weighted by atomic mass is 19.1. The van der Waals surface area contributed by atoms with E-state index in [1.165, 1.54) is 12.1 Å². The first-order valence-corrected chi connectivity index (χ1v) is 10.5. The maximum Gasteiger partial charge on any atom is 0.234 e. The van der Waals surface area contributed by atoms with Gasteiger partial charge in [0.05, 0.1) is 24.8 Å². The molecule has 3 N–H and O–H groups in total. The zero-order valence-corrected chi connectivity index (χ0v) is 17.5. The maximum absolute atomic E-state index is 13.6. The van der Waals surface area contributed by atoms with Crippen LogP contribution in [0.25, 0.3) is 0 Å². The van der Waals surface area contributed by atoms with Crippen molar-refractivity contribution in [2.75, 3.05) is 44.6 Å². The molecular formula is C23H29FN4O3. The van der Waals surface area contributed by atoms with Crippen molar-refractivity contribution in [2.24, 2.45) is 0 Å². The molecule has 166 valence electrons. The van der Waals surface area contributed by atoms with Crippen LogP contribution in [0.4, 0.5) is 10.1 Å². The minimum atomic E-state index is -0.840. The summed E-state index contributed by atoms with van der Waals surface area (Å²) in [6.07, 6.45) is -0.941. The van der Waals surface area contributed by atoms with E-state index in [9.17, 15) is 19.1 Å². The number of aliphatic hydroxyl groups is 1. The number of hydrogen-bond acceptors (Lipinski definition) is 5. The van der Waals surface area contributed by atoms with Crippen LogP contribution in [0.2, 0.25) is 0 Å². The minimum Gasteiger partial charge on any atom is -0.391 e. The summed E-state index contributed by atoms with van der Waals surface area (Å²) in [6.45, 7) is 4.06. The second-order valence-electron chi connectivity index (χ2n) is 7.73. The van der Waals surface area contributed by atoms with Gasteiger partial charge in [0.1, 0.15) is 5.82 Å². The Morgan fingerprint density at radius 3 is 2.29 bits per heavy atom. The van der Waals surface area contributed by atoms with Gasteiger partial charge in [-0.25, -0.2) is 4.39 Å². The van der Waals surface area contributed by atoms with Crippen LogP contribution in [0, 0.1) is 5.82 Å². The van der Waals surface area contributed by atoms with Crippen molar-refractivity contribution in [1.82, 2.24) is 15.1 Å². The fourth-order valence-corrected chi connectivity index (χ4v) is 3.53. The molecule has 0 aliphatic carbocycles. The average molecular weight is 429 g/mol. The molecule has 8 heteroatoms. The van der Waals surface area contributed by atoms with E-state index in [-0.39, 0.29) is 18.0 Å². The Morgan fingerprint density at radius 2 is 1.58 bits per heavy atom. The molecule has 2 aromatic carbocycles. The summed E-state index contributed by atoms with van der Waals surface area (Å²) < 4.78 is 13.6. The van der Waals surface area contributed by atoms with E-state index in [0.29, 0.717) is 45.8 Å². The van der Waals surface area contributed by atoms with Gasteiger partial charge in [-0.2, -0.15) is 0 Å². The highest BCUT2D eigenvalue weighted by Gasteiger charge is 2.22. The lowest BCUT2D eigenvalue weighted by Crippen LogP contribution is -2.51. The Bertz CT molecular complexity index is 857. The first-order chi connectivity index (χ1) is 15.0. The number of nitrogens with one attached hydrogen (secondary N) is 2. The number of carbonyl (C=O) groups is 2. The van der Waals surface area contributed by atoms with Crippen LogP contribution >= 0.6 is 0 Å². The van der Waals surface area contributed by atoms with Crippen LogP contribution in [0.5, 0.6) is 0 Å². The Morgan fingerprint density at radius 1 is 0.935 bits per heavy atom. The number of β-amino-alcohol motifs (C(OH)–C–C–N with tert-alkyl or cyclic N) is 1. The summed E-state index contributed by atoms with van der Waals surface area (Å²) in [6, 6.07) is 15.7. The third-order valence-electron chi connectivity index (χ3n) is 5.20. The van der Waals surface area contributed by atoms with E-state index < -0.39 is 17.8 Å². The van der Waals surface area contributed by atoms with Crippen molar-refractivity contribution in [3.8, 4) is 0 Å². The Kier molecular flexibility index (Phi) is 8.52. The third kappa shape index (κ3) is 7.75. The number of piperazine rings is 1. The van der Waals surface area contributed by atoms with Gasteiger partial charge < -0.3 is 15.7 Å². The number of anilines is 1. The molecule has 1 heterocycles. The topological polar surface area (TPSA) is 84.9 Å². The van der Waals surface area contributed by atoms with Gasteiger partial charge in [-0.05, 0) is 17.7 Å². The molecule has 3 rings (SSSR count). The monoisotopic (exact) mass is 428 g/mol. The van der Waals surface area contributed by atoms with Crippen LogP contribution in [-0.4, -0.2) is 72.1 Å². The lowest BCUT2D eigenvalue weighted by atomic mass is 10.2. The van der Waals surface area contributed by atoms with Gasteiger partial charge in [0, 0.05) is 39.3 Å². The molecule has 1 saturated heterocycles. The molecule has 1 unspecified atom stereocenters. The van der Waals surface area contributed by atoms with Gasteiger partial charge in [-0.15, -0.1) is 0 Å². The summed E-state index contributed by atoms with van der Waals surface area (Å²) in [7, 11) is 0. The van der Waals surface area contributed by atoms with E-state index in [1.807, 2.05) is 30.3 Å². The predicted molar refractivity (Wildman–Crippen MR) is 117 cm³/mol. The second kappa shape index (κ2) is 11.5. The molecule has 2 aromatic rings. The normalized spacial score (nSPS) is 15.9. The van der Waals surface area contributed by atoms with Gasteiger partial charge in [-0.3, -0.25) is 19.4 Å². The number of hydrogen-bond donors (Lipinski definition) is 3. The van der Waals surface area contributed by atoms with Crippen molar-refractivity contribution < 1.29 is 19.1 Å². The molecule has 1 aliphatic rings. The highest BCUT2D eigenvalue weighted by Crippen LogP contribution is 2.13. The maximum atomic E-state index is 13.6. The van der Waals surface area contributed by atoms with E-state index in [4.69, 9.17) is 0 Å². The van der Waals surface area contributed by atoms with E-state index in [0.717, 1.165) is 5.56 Å². The molecule has 1 fully saturated rings. The van der Waals surface area contributed by atoms with Gasteiger partial charge in [-0.1, -0.05) is 42.5 Å². The van der Waals surface area contributed by atoms with Gasteiger partial charge in [0.15, 0.2) is 0 Å². The molecule has 31 heavy (non-hydrogen) atoms. The number of nitrogens with zero attached hydrogens (tertiary/aromatic N) is 2. The average Bonchev–Trinajstić information content (AvgIpc) is 2.76. The fraction of sp³-hybridized carbons (Fsp3) is 0.391. The van der Waals surface area contributed by atoms with Crippen molar-refractivity contribution >= 4 is 17.5 Å². The van der Waals surface area contributed by atoms with Crippen LogP contribution in [0.1, 0.15) is 12.0 Å². The summed E-state index contributed by atoms with van der Waals surface area (Å²) >= 11 is 0. The smallest absolute Gasteiger partial charge is 0.234 e. The largest absolute Gasteiger partial charge is 0.391 e. The van der Waals surface area contributed by atoms with Crippen LogP contribution < -0.4 is 10.6 Å². The molecule has 1 aliphatic heterocycles. The molecule has 1 atom stereocenters.